The third-order valence-electron chi connectivity index (χ3n) is 7.27. The number of alkyl halides is 3. The molecule has 0 spiro atoms. The Hall–Kier alpha value is -5.04. The fourth-order valence-corrected chi connectivity index (χ4v) is 4.95. The van der Waals surface area contributed by atoms with E-state index >= 15 is 0 Å². The van der Waals surface area contributed by atoms with Crippen molar-refractivity contribution in [2.45, 2.75) is 12.7 Å². The van der Waals surface area contributed by atoms with E-state index in [4.69, 9.17) is 0 Å². The molecule has 0 saturated carbocycles. The zero-order chi connectivity index (χ0) is 30.1. The van der Waals surface area contributed by atoms with E-state index in [0.29, 0.717) is 17.2 Å². The summed E-state index contributed by atoms with van der Waals surface area (Å²) in [6.45, 7) is 7.88. The van der Waals surface area contributed by atoms with Gasteiger partial charge in [0.15, 0.2) is 11.5 Å². The van der Waals surface area contributed by atoms with Gasteiger partial charge in [-0.2, -0.15) is 18.2 Å². The van der Waals surface area contributed by atoms with Crippen LogP contribution in [-0.4, -0.2) is 67.4 Å². The van der Waals surface area contributed by atoms with Crippen molar-refractivity contribution in [3.8, 4) is 17.2 Å². The van der Waals surface area contributed by atoms with Crippen LogP contribution in [0, 0.1) is 0 Å². The van der Waals surface area contributed by atoms with E-state index in [9.17, 15) is 18.0 Å². The Morgan fingerprint density at radius 3 is 2.37 bits per heavy atom. The van der Waals surface area contributed by atoms with Crippen molar-refractivity contribution in [2.75, 3.05) is 43.4 Å². The summed E-state index contributed by atoms with van der Waals surface area (Å²) in [5, 5.41) is 3.49. The molecule has 5 aromatic rings. The molecule has 0 unspecified atom stereocenters. The molecule has 1 aromatic carbocycles. The smallest absolute Gasteiger partial charge is 0.369 e. The molecule has 1 aliphatic rings. The predicted molar refractivity (Wildman–Crippen MR) is 159 cm³/mol. The van der Waals surface area contributed by atoms with Gasteiger partial charge in [0.2, 0.25) is 5.95 Å². The third-order valence-corrected chi connectivity index (χ3v) is 7.27. The monoisotopic (exact) mass is 587 g/mol. The van der Waals surface area contributed by atoms with Gasteiger partial charge in [-0.05, 0) is 55.6 Å². The van der Waals surface area contributed by atoms with Crippen LogP contribution in [0.2, 0.25) is 0 Å². The minimum Gasteiger partial charge on any atom is -0.369 e. The topological polar surface area (TPSA) is 97.0 Å². The summed E-state index contributed by atoms with van der Waals surface area (Å²) in [4.78, 5) is 35.6. The van der Waals surface area contributed by atoms with Crippen LogP contribution in [-0.2, 0) is 12.7 Å². The molecular weight excluding hydrogens is 559 g/mol. The number of hydrogen-bond donors (Lipinski definition) is 1. The summed E-state index contributed by atoms with van der Waals surface area (Å²) in [6, 6.07) is 15.2. The molecule has 0 bridgehead atoms. The van der Waals surface area contributed by atoms with E-state index in [1.165, 1.54) is 16.9 Å². The molecular formula is C30H28F3N9O. The number of halogens is 3. The van der Waals surface area contributed by atoms with Gasteiger partial charge in [-0.3, -0.25) is 9.78 Å². The molecule has 0 amide bonds. The van der Waals surface area contributed by atoms with E-state index < -0.39 is 11.7 Å². The van der Waals surface area contributed by atoms with Crippen LogP contribution in [0.15, 0.2) is 84.4 Å². The molecule has 1 fully saturated rings. The van der Waals surface area contributed by atoms with Crippen LogP contribution in [0.5, 0.6) is 0 Å². The van der Waals surface area contributed by atoms with Crippen LogP contribution in [0.3, 0.4) is 0 Å². The van der Waals surface area contributed by atoms with Crippen LogP contribution < -0.4 is 15.8 Å². The largest absolute Gasteiger partial charge is 0.417 e. The summed E-state index contributed by atoms with van der Waals surface area (Å²) in [5.41, 5.74) is 1.62. The minimum absolute atomic E-state index is 0.163. The summed E-state index contributed by atoms with van der Waals surface area (Å²) in [7, 11) is 2.12. The Morgan fingerprint density at radius 1 is 0.930 bits per heavy atom. The Morgan fingerprint density at radius 2 is 1.70 bits per heavy atom. The molecule has 13 heteroatoms. The van der Waals surface area contributed by atoms with Gasteiger partial charge in [0.25, 0.3) is 5.56 Å². The Balaban J connectivity index is 1.34. The number of rotatable bonds is 7. The lowest BCUT2D eigenvalue weighted by molar-refractivity contribution is -0.137. The molecule has 10 nitrogen and oxygen atoms in total. The number of fused-ring (bicyclic) bond motifs is 1. The molecule has 1 N–H and O–H groups in total. The normalized spacial score (nSPS) is 14.3. The average molecular weight is 588 g/mol. The average Bonchev–Trinajstić information content (AvgIpc) is 3.28. The second kappa shape index (κ2) is 11.3. The van der Waals surface area contributed by atoms with Gasteiger partial charge in [0.05, 0.1) is 23.5 Å². The van der Waals surface area contributed by atoms with Crippen LogP contribution in [0.4, 0.5) is 30.5 Å². The highest BCUT2D eigenvalue weighted by Gasteiger charge is 2.30. The molecule has 6 rings (SSSR count). The number of aromatic nitrogens is 6. The molecule has 5 heterocycles. The van der Waals surface area contributed by atoms with E-state index in [1.807, 2.05) is 24.3 Å². The number of nitrogens with zero attached hydrogens (tertiary/aromatic N) is 8. The first kappa shape index (κ1) is 28.1. The molecule has 0 aliphatic carbocycles. The van der Waals surface area contributed by atoms with Gasteiger partial charge in [0.1, 0.15) is 5.39 Å². The fourth-order valence-electron chi connectivity index (χ4n) is 4.95. The number of nitrogens with one attached hydrogen (secondary N) is 1. The van der Waals surface area contributed by atoms with Crippen LogP contribution in [0.1, 0.15) is 5.56 Å². The first-order valence-corrected chi connectivity index (χ1v) is 13.6. The zero-order valence-corrected chi connectivity index (χ0v) is 23.3. The Bertz CT molecular complexity index is 1820. The van der Waals surface area contributed by atoms with Crippen molar-refractivity contribution in [1.29, 1.82) is 0 Å². The highest BCUT2D eigenvalue weighted by molar-refractivity contribution is 5.77. The quantitative estimate of drug-likeness (QED) is 0.273. The molecule has 4 aromatic heterocycles. The molecule has 1 saturated heterocycles. The Labute approximate surface area is 244 Å². The fraction of sp³-hybridized carbons (Fsp3) is 0.233. The van der Waals surface area contributed by atoms with E-state index in [2.05, 4.69) is 48.7 Å². The molecule has 0 atom stereocenters. The Kier molecular flexibility index (Phi) is 7.40. The van der Waals surface area contributed by atoms with Crippen molar-refractivity contribution >= 4 is 28.4 Å². The highest BCUT2D eigenvalue weighted by atomic mass is 19.4. The van der Waals surface area contributed by atoms with Crippen LogP contribution in [0.25, 0.3) is 28.2 Å². The second-order valence-corrected chi connectivity index (χ2v) is 10.2. The number of benzene rings is 1. The van der Waals surface area contributed by atoms with E-state index in [1.54, 1.807) is 29.0 Å². The lowest BCUT2D eigenvalue weighted by atomic mass is 10.2. The molecule has 43 heavy (non-hydrogen) atoms. The van der Waals surface area contributed by atoms with Crippen molar-refractivity contribution in [3.63, 3.8) is 0 Å². The van der Waals surface area contributed by atoms with E-state index in [-0.39, 0.29) is 29.1 Å². The summed E-state index contributed by atoms with van der Waals surface area (Å²) in [6.07, 6.45) is -0.690. The number of allylic oxidation sites excluding steroid dienone is 1. The van der Waals surface area contributed by atoms with Crippen LogP contribution >= 0.6 is 0 Å². The third kappa shape index (κ3) is 5.71. The first-order chi connectivity index (χ1) is 20.7. The molecule has 1 aliphatic heterocycles. The van der Waals surface area contributed by atoms with Gasteiger partial charge in [-0.15, -0.1) is 6.58 Å². The van der Waals surface area contributed by atoms with Crippen molar-refractivity contribution in [2.24, 2.45) is 0 Å². The van der Waals surface area contributed by atoms with Gasteiger partial charge >= 0.3 is 6.18 Å². The standard InChI is InChI=1S/C30H28F3N9O/c1-3-13-41-28(43)23-19-35-29(36-21-8-10-22(11-9-21)40-16-14-39(2)15-17-40)38-27(23)42(41)26-6-4-5-25(37-26)24-12-7-20(18-34-24)30(31,32)33/h3-12,18-19H,1,13-17H2,2H3,(H,35,36,38). The maximum Gasteiger partial charge on any atom is 0.417 e. The maximum absolute atomic E-state index is 13.3. The van der Waals surface area contributed by atoms with Crippen molar-refractivity contribution in [1.82, 2.24) is 34.2 Å². The van der Waals surface area contributed by atoms with E-state index in [0.717, 1.165) is 49.8 Å². The number of hydrogen-bond acceptors (Lipinski definition) is 8. The number of piperazine rings is 1. The number of likely N-dealkylation sites (N-methyl/N-ethyl adjacent to an activating group) is 1. The van der Waals surface area contributed by atoms with Crippen molar-refractivity contribution < 1.29 is 13.2 Å². The summed E-state index contributed by atoms with van der Waals surface area (Å²) < 4.78 is 42.1. The second-order valence-electron chi connectivity index (χ2n) is 10.2. The van der Waals surface area contributed by atoms with Crippen molar-refractivity contribution in [3.05, 3.63) is 95.6 Å². The number of anilines is 3. The van der Waals surface area contributed by atoms with Gasteiger partial charge in [-0.25, -0.2) is 19.3 Å². The zero-order valence-electron chi connectivity index (χ0n) is 23.3. The first-order valence-electron chi connectivity index (χ1n) is 13.6. The minimum atomic E-state index is -4.50. The SMILES string of the molecule is C=CCn1c(=O)c2cnc(Nc3ccc(N4CCN(C)CC4)cc3)nc2n1-c1cccc(-c2ccc(C(F)(F)F)cn2)n1. The maximum atomic E-state index is 13.3. The van der Waals surface area contributed by atoms with Gasteiger partial charge in [0, 0.05) is 49.9 Å². The van der Waals surface area contributed by atoms with Gasteiger partial charge < -0.3 is 15.1 Å². The molecule has 0 radical (unpaired) electrons. The summed E-state index contributed by atoms with van der Waals surface area (Å²) >= 11 is 0. The summed E-state index contributed by atoms with van der Waals surface area (Å²) in [5.74, 6) is 0.610. The van der Waals surface area contributed by atoms with Gasteiger partial charge in [-0.1, -0.05) is 12.1 Å². The highest BCUT2D eigenvalue weighted by Crippen LogP contribution is 2.30. The lowest BCUT2D eigenvalue weighted by Crippen LogP contribution is -2.44. The number of pyridine rings is 2. The lowest BCUT2D eigenvalue weighted by Gasteiger charge is -2.34. The predicted octanol–water partition coefficient (Wildman–Crippen LogP) is 4.74. The molecule has 220 valence electrons.